The van der Waals surface area contributed by atoms with E-state index in [2.05, 4.69) is 29.2 Å². The Morgan fingerprint density at radius 2 is 2.17 bits per heavy atom. The lowest BCUT2D eigenvalue weighted by Crippen LogP contribution is -2.58. The van der Waals surface area contributed by atoms with Crippen LogP contribution >= 0.6 is 0 Å². The maximum Gasteiger partial charge on any atom is 0.240 e. The van der Waals surface area contributed by atoms with Crippen molar-refractivity contribution < 1.29 is 9.59 Å². The number of hydrogen-bond acceptors (Lipinski definition) is 4. The third-order valence-corrected chi connectivity index (χ3v) is 5.33. The normalized spacial score (nSPS) is 27.4. The van der Waals surface area contributed by atoms with E-state index in [1.807, 2.05) is 22.7 Å². The summed E-state index contributed by atoms with van der Waals surface area (Å²) in [5.41, 5.74) is 2.35. The maximum atomic E-state index is 12.7. The van der Waals surface area contributed by atoms with Crippen molar-refractivity contribution in [3.05, 3.63) is 17.5 Å². The molecule has 7 heteroatoms. The zero-order chi connectivity index (χ0) is 17.4. The zero-order valence-electron chi connectivity index (χ0n) is 15.0. The summed E-state index contributed by atoms with van der Waals surface area (Å²) in [7, 11) is 0. The summed E-state index contributed by atoms with van der Waals surface area (Å²) >= 11 is 0. The minimum Gasteiger partial charge on any atom is -0.352 e. The predicted octanol–water partition coefficient (Wildman–Crippen LogP) is 0.521. The Hall–Kier alpha value is -1.89. The Morgan fingerprint density at radius 3 is 2.79 bits per heavy atom. The average Bonchev–Trinajstić information content (AvgIpc) is 3.08. The molecule has 3 rings (SSSR count). The first-order valence-electron chi connectivity index (χ1n) is 8.73. The number of carbonyl (C=O) groups is 2. The van der Waals surface area contributed by atoms with E-state index in [0.29, 0.717) is 6.54 Å². The molecule has 0 saturated carbocycles. The Morgan fingerprint density at radius 1 is 1.42 bits per heavy atom. The molecule has 0 aromatic carbocycles. The third kappa shape index (κ3) is 3.05. The van der Waals surface area contributed by atoms with E-state index in [4.69, 9.17) is 0 Å². The van der Waals surface area contributed by atoms with Gasteiger partial charge in [0.25, 0.3) is 0 Å². The SMILES string of the molecule is CCn1ncc(CN2CC3CC(NC(C)=O)CN3C(=O)C2C)c1C. The second-order valence-corrected chi connectivity index (χ2v) is 6.95. The van der Waals surface area contributed by atoms with Crippen molar-refractivity contribution >= 4 is 11.8 Å². The predicted molar refractivity (Wildman–Crippen MR) is 90.2 cm³/mol. The van der Waals surface area contributed by atoms with Gasteiger partial charge in [-0.1, -0.05) is 0 Å². The summed E-state index contributed by atoms with van der Waals surface area (Å²) in [6.45, 7) is 10.7. The standard InChI is InChI=1S/C17H27N5O2/c1-5-22-11(2)14(7-18-22)8-20-10-16-6-15(19-13(4)23)9-21(16)17(24)12(20)3/h7,12,15-16H,5-6,8-10H2,1-4H3,(H,19,23). The summed E-state index contributed by atoms with van der Waals surface area (Å²) in [6.07, 6.45) is 2.75. The second-order valence-electron chi connectivity index (χ2n) is 6.95. The molecule has 1 aromatic rings. The molecule has 0 radical (unpaired) electrons. The lowest BCUT2D eigenvalue weighted by molar-refractivity contribution is -0.143. The summed E-state index contributed by atoms with van der Waals surface area (Å²) in [5.74, 6) is 0.138. The van der Waals surface area contributed by atoms with Gasteiger partial charge in [-0.3, -0.25) is 19.2 Å². The molecule has 2 fully saturated rings. The Labute approximate surface area is 143 Å². The molecule has 2 aliphatic rings. The molecule has 0 aliphatic carbocycles. The van der Waals surface area contributed by atoms with E-state index in [0.717, 1.165) is 26.1 Å². The van der Waals surface area contributed by atoms with Gasteiger partial charge in [0.1, 0.15) is 0 Å². The highest BCUT2D eigenvalue weighted by Gasteiger charge is 2.43. The van der Waals surface area contributed by atoms with Crippen LogP contribution in [-0.4, -0.2) is 62.6 Å². The monoisotopic (exact) mass is 333 g/mol. The smallest absolute Gasteiger partial charge is 0.240 e. The molecule has 7 nitrogen and oxygen atoms in total. The molecule has 3 unspecified atom stereocenters. The summed E-state index contributed by atoms with van der Waals surface area (Å²) < 4.78 is 1.99. The van der Waals surface area contributed by atoms with E-state index in [1.54, 1.807) is 0 Å². The van der Waals surface area contributed by atoms with Crippen LogP contribution in [0.2, 0.25) is 0 Å². The van der Waals surface area contributed by atoms with Gasteiger partial charge < -0.3 is 10.2 Å². The van der Waals surface area contributed by atoms with Crippen LogP contribution in [0.5, 0.6) is 0 Å². The topological polar surface area (TPSA) is 70.5 Å². The van der Waals surface area contributed by atoms with Crippen LogP contribution in [-0.2, 0) is 22.7 Å². The molecule has 1 aromatic heterocycles. The van der Waals surface area contributed by atoms with Crippen molar-refractivity contribution in [3.63, 3.8) is 0 Å². The number of aromatic nitrogens is 2. The number of rotatable bonds is 4. The number of piperazine rings is 1. The minimum atomic E-state index is -0.137. The van der Waals surface area contributed by atoms with Crippen molar-refractivity contribution in [1.82, 2.24) is 24.9 Å². The molecular formula is C17H27N5O2. The molecule has 2 saturated heterocycles. The van der Waals surface area contributed by atoms with Gasteiger partial charge in [0.15, 0.2) is 0 Å². The fourth-order valence-corrected chi connectivity index (χ4v) is 3.96. The molecule has 3 heterocycles. The Bertz CT molecular complexity index is 641. The minimum absolute atomic E-state index is 0.0280. The first-order valence-corrected chi connectivity index (χ1v) is 8.73. The number of carbonyl (C=O) groups excluding carboxylic acids is 2. The molecule has 3 atom stereocenters. The van der Waals surface area contributed by atoms with Gasteiger partial charge in [0, 0.05) is 56.4 Å². The Balaban J connectivity index is 1.71. The van der Waals surface area contributed by atoms with Crippen molar-refractivity contribution in [2.24, 2.45) is 0 Å². The zero-order valence-corrected chi connectivity index (χ0v) is 15.0. The van der Waals surface area contributed by atoms with E-state index in [1.165, 1.54) is 18.2 Å². The molecule has 0 bridgehead atoms. The molecule has 24 heavy (non-hydrogen) atoms. The van der Waals surface area contributed by atoms with Crippen molar-refractivity contribution in [1.29, 1.82) is 0 Å². The van der Waals surface area contributed by atoms with Crippen LogP contribution in [0, 0.1) is 6.92 Å². The highest BCUT2D eigenvalue weighted by atomic mass is 16.2. The van der Waals surface area contributed by atoms with Crippen LogP contribution in [0.3, 0.4) is 0 Å². The van der Waals surface area contributed by atoms with Crippen LogP contribution in [0.1, 0.15) is 38.4 Å². The average molecular weight is 333 g/mol. The molecule has 1 N–H and O–H groups in total. The highest BCUT2D eigenvalue weighted by molar-refractivity contribution is 5.83. The van der Waals surface area contributed by atoms with Crippen molar-refractivity contribution in [3.8, 4) is 0 Å². The van der Waals surface area contributed by atoms with Crippen LogP contribution in [0.4, 0.5) is 0 Å². The fourth-order valence-electron chi connectivity index (χ4n) is 3.96. The van der Waals surface area contributed by atoms with E-state index < -0.39 is 0 Å². The molecule has 0 spiro atoms. The number of amides is 2. The number of aryl methyl sites for hydroxylation is 1. The third-order valence-electron chi connectivity index (χ3n) is 5.33. The van der Waals surface area contributed by atoms with Gasteiger partial charge in [-0.2, -0.15) is 5.10 Å². The van der Waals surface area contributed by atoms with Gasteiger partial charge in [0.2, 0.25) is 11.8 Å². The Kier molecular flexibility index (Phi) is 4.62. The molecule has 2 amide bonds. The van der Waals surface area contributed by atoms with Crippen LogP contribution < -0.4 is 5.32 Å². The second kappa shape index (κ2) is 6.55. The largest absolute Gasteiger partial charge is 0.352 e. The lowest BCUT2D eigenvalue weighted by atomic mass is 10.1. The lowest BCUT2D eigenvalue weighted by Gasteiger charge is -2.41. The van der Waals surface area contributed by atoms with Gasteiger partial charge >= 0.3 is 0 Å². The van der Waals surface area contributed by atoms with Gasteiger partial charge in [0.05, 0.1) is 12.2 Å². The maximum absolute atomic E-state index is 12.7. The number of nitrogens with one attached hydrogen (secondary N) is 1. The van der Waals surface area contributed by atoms with E-state index in [9.17, 15) is 9.59 Å². The van der Waals surface area contributed by atoms with E-state index in [-0.39, 0.29) is 29.9 Å². The fraction of sp³-hybridized carbons (Fsp3) is 0.706. The van der Waals surface area contributed by atoms with Crippen LogP contribution in [0.25, 0.3) is 0 Å². The first-order chi connectivity index (χ1) is 11.4. The number of hydrogen-bond donors (Lipinski definition) is 1. The van der Waals surface area contributed by atoms with Crippen molar-refractivity contribution in [2.45, 2.75) is 65.3 Å². The van der Waals surface area contributed by atoms with E-state index >= 15 is 0 Å². The number of fused-ring (bicyclic) bond motifs is 1. The number of nitrogens with zero attached hydrogens (tertiary/aromatic N) is 4. The molecular weight excluding hydrogens is 306 g/mol. The highest BCUT2D eigenvalue weighted by Crippen LogP contribution is 2.27. The van der Waals surface area contributed by atoms with Crippen molar-refractivity contribution in [2.75, 3.05) is 13.1 Å². The van der Waals surface area contributed by atoms with Gasteiger partial charge in [-0.05, 0) is 27.2 Å². The summed E-state index contributed by atoms with van der Waals surface area (Å²) in [4.78, 5) is 28.2. The summed E-state index contributed by atoms with van der Waals surface area (Å²) in [5, 5.41) is 7.36. The summed E-state index contributed by atoms with van der Waals surface area (Å²) in [6, 6.07) is 0.127. The molecule has 132 valence electrons. The molecule has 2 aliphatic heterocycles. The van der Waals surface area contributed by atoms with Crippen LogP contribution in [0.15, 0.2) is 6.20 Å². The van der Waals surface area contributed by atoms with Gasteiger partial charge in [-0.25, -0.2) is 0 Å². The van der Waals surface area contributed by atoms with Gasteiger partial charge in [-0.15, -0.1) is 0 Å². The first kappa shape index (κ1) is 17.0. The quantitative estimate of drug-likeness (QED) is 0.872.